The van der Waals surface area contributed by atoms with Gasteiger partial charge in [-0.1, -0.05) is 18.2 Å². The molecule has 0 aromatic heterocycles. The number of nitrogens with one attached hydrogen (secondary N) is 1. The van der Waals surface area contributed by atoms with Crippen LogP contribution in [0.3, 0.4) is 0 Å². The van der Waals surface area contributed by atoms with Gasteiger partial charge in [-0.25, -0.2) is 8.78 Å². The Kier molecular flexibility index (Phi) is 2.71. The van der Waals surface area contributed by atoms with Crippen molar-refractivity contribution in [3.05, 3.63) is 35.6 Å². The highest BCUT2D eigenvalue weighted by Gasteiger charge is 2.42. The summed E-state index contributed by atoms with van der Waals surface area (Å²) >= 11 is 0. The third kappa shape index (κ3) is 1.75. The van der Waals surface area contributed by atoms with Gasteiger partial charge in [0.15, 0.2) is 0 Å². The van der Waals surface area contributed by atoms with Crippen LogP contribution >= 0.6 is 0 Å². The van der Waals surface area contributed by atoms with Crippen molar-refractivity contribution in [2.24, 2.45) is 0 Å². The molecule has 1 saturated heterocycles. The van der Waals surface area contributed by atoms with Crippen LogP contribution in [-0.4, -0.2) is 12.8 Å². The molecule has 2 unspecified atom stereocenters. The topological polar surface area (TPSA) is 21.3 Å². The van der Waals surface area contributed by atoms with Crippen LogP contribution in [-0.2, 0) is 10.4 Å². The van der Waals surface area contributed by atoms with Gasteiger partial charge in [-0.2, -0.15) is 5.48 Å². The lowest BCUT2D eigenvalue weighted by molar-refractivity contribution is 0.0131. The second kappa shape index (κ2) is 3.87. The van der Waals surface area contributed by atoms with Gasteiger partial charge in [0.25, 0.3) is 0 Å². The maximum absolute atomic E-state index is 13.5. The largest absolute Gasteiger partial charge is 0.298 e. The smallest absolute Gasteiger partial charge is 0.128 e. The Morgan fingerprint density at radius 2 is 2.27 bits per heavy atom. The van der Waals surface area contributed by atoms with Gasteiger partial charge in [0.05, 0.1) is 6.10 Å². The Morgan fingerprint density at radius 1 is 1.53 bits per heavy atom. The van der Waals surface area contributed by atoms with E-state index in [0.717, 1.165) is 0 Å². The first-order valence-electron chi connectivity index (χ1n) is 4.92. The number of alkyl halides is 1. The summed E-state index contributed by atoms with van der Waals surface area (Å²) in [7, 11) is 0. The van der Waals surface area contributed by atoms with Gasteiger partial charge in [0, 0.05) is 12.0 Å². The lowest BCUT2D eigenvalue weighted by Gasteiger charge is -2.24. The van der Waals surface area contributed by atoms with E-state index in [4.69, 9.17) is 4.84 Å². The van der Waals surface area contributed by atoms with Gasteiger partial charge in [-0.3, -0.25) is 4.84 Å². The van der Waals surface area contributed by atoms with E-state index >= 15 is 0 Å². The molecule has 4 heteroatoms. The van der Waals surface area contributed by atoms with Gasteiger partial charge in [0.1, 0.15) is 18.0 Å². The van der Waals surface area contributed by atoms with Gasteiger partial charge >= 0.3 is 0 Å². The average molecular weight is 213 g/mol. The van der Waals surface area contributed by atoms with Gasteiger partial charge in [-0.15, -0.1) is 0 Å². The van der Waals surface area contributed by atoms with Crippen LogP contribution < -0.4 is 5.48 Å². The van der Waals surface area contributed by atoms with E-state index in [1.807, 2.05) is 6.92 Å². The highest BCUT2D eigenvalue weighted by atomic mass is 19.1. The molecule has 15 heavy (non-hydrogen) atoms. The Hall–Kier alpha value is -1.00. The molecule has 0 amide bonds. The SMILES string of the molecule is CC1CC(CF)(c2ccccc2F)NO1. The second-order valence-electron chi connectivity index (χ2n) is 3.93. The molecule has 1 N–H and O–H groups in total. The molecule has 0 aliphatic carbocycles. The maximum Gasteiger partial charge on any atom is 0.128 e. The van der Waals surface area contributed by atoms with E-state index in [1.165, 1.54) is 6.07 Å². The van der Waals surface area contributed by atoms with E-state index in [0.29, 0.717) is 12.0 Å². The Balaban J connectivity index is 2.39. The number of hydrogen-bond donors (Lipinski definition) is 1. The van der Waals surface area contributed by atoms with Crippen LogP contribution in [0, 0.1) is 5.82 Å². The molecule has 1 heterocycles. The number of halogens is 2. The Labute approximate surface area is 87.2 Å². The number of hydrogen-bond acceptors (Lipinski definition) is 2. The molecule has 0 bridgehead atoms. The summed E-state index contributed by atoms with van der Waals surface area (Å²) in [5.74, 6) is -0.402. The van der Waals surface area contributed by atoms with Crippen molar-refractivity contribution >= 4 is 0 Å². The lowest BCUT2D eigenvalue weighted by atomic mass is 9.87. The zero-order valence-electron chi connectivity index (χ0n) is 8.47. The fourth-order valence-corrected chi connectivity index (χ4v) is 1.96. The number of benzene rings is 1. The summed E-state index contributed by atoms with van der Waals surface area (Å²) in [4.78, 5) is 5.11. The molecular weight excluding hydrogens is 200 g/mol. The Bertz CT molecular complexity index is 358. The molecule has 2 atom stereocenters. The summed E-state index contributed by atoms with van der Waals surface area (Å²) in [5, 5.41) is 0. The molecule has 2 nitrogen and oxygen atoms in total. The first-order chi connectivity index (χ1) is 7.18. The van der Waals surface area contributed by atoms with Crippen LogP contribution in [0.5, 0.6) is 0 Å². The highest BCUT2D eigenvalue weighted by Crippen LogP contribution is 2.34. The Morgan fingerprint density at radius 3 is 2.80 bits per heavy atom. The molecule has 0 saturated carbocycles. The van der Waals surface area contributed by atoms with Crippen molar-refractivity contribution in [2.45, 2.75) is 25.0 Å². The fraction of sp³-hybridized carbons (Fsp3) is 0.455. The molecule has 1 aromatic carbocycles. The third-order valence-electron chi connectivity index (χ3n) is 2.71. The summed E-state index contributed by atoms with van der Waals surface area (Å²) in [6, 6.07) is 6.20. The molecule has 1 aromatic rings. The average Bonchev–Trinajstić information content (AvgIpc) is 2.62. The van der Waals surface area contributed by atoms with E-state index in [1.54, 1.807) is 18.2 Å². The summed E-state index contributed by atoms with van der Waals surface area (Å²) in [5.41, 5.74) is 1.92. The molecular formula is C11H13F2NO. The lowest BCUT2D eigenvalue weighted by Crippen LogP contribution is -2.39. The first kappa shape index (κ1) is 10.5. The minimum Gasteiger partial charge on any atom is -0.298 e. The molecule has 1 aliphatic rings. The molecule has 0 radical (unpaired) electrons. The van der Waals surface area contributed by atoms with Crippen LogP contribution in [0.1, 0.15) is 18.9 Å². The van der Waals surface area contributed by atoms with Crippen molar-refractivity contribution < 1.29 is 13.6 Å². The van der Waals surface area contributed by atoms with Crippen molar-refractivity contribution in [3.8, 4) is 0 Å². The summed E-state index contributed by atoms with van der Waals surface area (Å²) in [6.45, 7) is 1.14. The predicted octanol–water partition coefficient (Wildman–Crippen LogP) is 2.30. The third-order valence-corrected chi connectivity index (χ3v) is 2.71. The highest BCUT2D eigenvalue weighted by molar-refractivity contribution is 5.27. The van der Waals surface area contributed by atoms with Crippen molar-refractivity contribution in [1.29, 1.82) is 0 Å². The number of rotatable bonds is 2. The normalized spacial score (nSPS) is 30.7. The first-order valence-corrected chi connectivity index (χ1v) is 4.92. The minimum atomic E-state index is -1.02. The van der Waals surface area contributed by atoms with Gasteiger partial charge in [0.2, 0.25) is 0 Å². The summed E-state index contributed by atoms with van der Waals surface area (Å²) < 4.78 is 26.6. The molecule has 1 fully saturated rings. The minimum absolute atomic E-state index is 0.111. The molecule has 1 aliphatic heterocycles. The van der Waals surface area contributed by atoms with Crippen LogP contribution in [0.4, 0.5) is 8.78 Å². The second-order valence-corrected chi connectivity index (χ2v) is 3.93. The van der Waals surface area contributed by atoms with Crippen LogP contribution in [0.25, 0.3) is 0 Å². The van der Waals surface area contributed by atoms with Crippen molar-refractivity contribution in [1.82, 2.24) is 5.48 Å². The zero-order valence-corrected chi connectivity index (χ0v) is 8.47. The molecule has 2 rings (SSSR count). The summed E-state index contributed by atoms with van der Waals surface area (Å²) in [6.07, 6.45) is 0.324. The van der Waals surface area contributed by atoms with Crippen LogP contribution in [0.15, 0.2) is 24.3 Å². The monoisotopic (exact) mass is 213 g/mol. The molecule has 0 spiro atoms. The van der Waals surface area contributed by atoms with Gasteiger partial charge in [-0.05, 0) is 13.0 Å². The van der Waals surface area contributed by atoms with Gasteiger partial charge < -0.3 is 0 Å². The van der Waals surface area contributed by atoms with E-state index in [2.05, 4.69) is 5.48 Å². The standard InChI is InChI=1S/C11H13F2NO/c1-8-6-11(7-12,14-15-8)9-4-2-3-5-10(9)13/h2-5,8,14H,6-7H2,1H3. The predicted molar refractivity (Wildman–Crippen MR) is 52.4 cm³/mol. The van der Waals surface area contributed by atoms with Crippen LogP contribution in [0.2, 0.25) is 0 Å². The fourth-order valence-electron chi connectivity index (χ4n) is 1.96. The number of hydroxylamine groups is 1. The van der Waals surface area contributed by atoms with E-state index in [-0.39, 0.29) is 6.10 Å². The quantitative estimate of drug-likeness (QED) is 0.814. The maximum atomic E-state index is 13.5. The van der Waals surface area contributed by atoms with Crippen molar-refractivity contribution in [2.75, 3.05) is 6.67 Å². The molecule has 82 valence electrons. The van der Waals surface area contributed by atoms with E-state index < -0.39 is 18.0 Å². The van der Waals surface area contributed by atoms with E-state index in [9.17, 15) is 8.78 Å². The zero-order chi connectivity index (χ0) is 10.9. The van der Waals surface area contributed by atoms with Crippen molar-refractivity contribution in [3.63, 3.8) is 0 Å².